The molecule has 1 N–H and O–H groups in total. The van der Waals surface area contributed by atoms with E-state index in [-0.39, 0.29) is 17.5 Å². The van der Waals surface area contributed by atoms with Crippen molar-refractivity contribution < 1.29 is 13.5 Å². The van der Waals surface area contributed by atoms with E-state index >= 15 is 0 Å². The Morgan fingerprint density at radius 2 is 1.90 bits per heavy atom. The highest BCUT2D eigenvalue weighted by molar-refractivity contribution is 5.42. The Balaban J connectivity index is 2.41. The van der Waals surface area contributed by atoms with Gasteiger partial charge in [-0.25, -0.2) is 8.78 Å². The zero-order chi connectivity index (χ0) is 15.4. The van der Waals surface area contributed by atoms with Crippen LogP contribution in [0.2, 0.25) is 0 Å². The molecule has 0 heterocycles. The highest BCUT2D eigenvalue weighted by Crippen LogP contribution is 2.33. The van der Waals surface area contributed by atoms with Crippen LogP contribution in [0, 0.1) is 18.6 Å². The summed E-state index contributed by atoms with van der Waals surface area (Å²) < 4.78 is 33.4. The van der Waals surface area contributed by atoms with E-state index in [9.17, 15) is 8.78 Å². The van der Waals surface area contributed by atoms with Gasteiger partial charge < -0.3 is 10.1 Å². The molecule has 0 aliphatic rings. The Hall–Kier alpha value is -1.94. The van der Waals surface area contributed by atoms with Crippen LogP contribution in [0.25, 0.3) is 0 Å². The zero-order valence-corrected chi connectivity index (χ0v) is 12.4. The van der Waals surface area contributed by atoms with Gasteiger partial charge in [-0.05, 0) is 44.2 Å². The van der Waals surface area contributed by atoms with Gasteiger partial charge in [-0.1, -0.05) is 25.1 Å². The first-order valence-corrected chi connectivity index (χ1v) is 6.98. The van der Waals surface area contributed by atoms with E-state index in [4.69, 9.17) is 4.74 Å². The van der Waals surface area contributed by atoms with Gasteiger partial charge in [0, 0.05) is 11.6 Å². The zero-order valence-electron chi connectivity index (χ0n) is 12.4. The molecule has 0 aliphatic carbocycles. The Morgan fingerprint density at radius 3 is 2.62 bits per heavy atom. The second kappa shape index (κ2) is 6.68. The molecule has 0 radical (unpaired) electrons. The molecule has 4 heteroatoms. The summed E-state index contributed by atoms with van der Waals surface area (Å²) in [6.45, 7) is 6.46. The van der Waals surface area contributed by atoms with E-state index in [0.29, 0.717) is 5.56 Å². The van der Waals surface area contributed by atoms with Crippen molar-refractivity contribution >= 4 is 0 Å². The fourth-order valence-corrected chi connectivity index (χ4v) is 2.19. The van der Waals surface area contributed by atoms with E-state index in [1.165, 1.54) is 12.1 Å². The lowest BCUT2D eigenvalue weighted by molar-refractivity contribution is 0.402. The Labute approximate surface area is 123 Å². The van der Waals surface area contributed by atoms with Crippen molar-refractivity contribution in [2.75, 3.05) is 6.54 Å². The van der Waals surface area contributed by atoms with Crippen molar-refractivity contribution in [1.29, 1.82) is 0 Å². The third-order valence-electron chi connectivity index (χ3n) is 3.27. The molecule has 2 aromatic carbocycles. The number of ether oxygens (including phenoxy) is 1. The standard InChI is InChI=1S/C17H19F2NO/c1-4-20-12(3)13-6-5-7-15(19)17(13)21-16-10-11(2)8-9-14(16)18/h5-10,12,20H,4H2,1-3H3. The van der Waals surface area contributed by atoms with Crippen LogP contribution < -0.4 is 10.1 Å². The Morgan fingerprint density at radius 1 is 1.14 bits per heavy atom. The lowest BCUT2D eigenvalue weighted by Crippen LogP contribution is -2.18. The third-order valence-corrected chi connectivity index (χ3v) is 3.27. The summed E-state index contributed by atoms with van der Waals surface area (Å²) in [5, 5.41) is 3.20. The van der Waals surface area contributed by atoms with Crippen molar-refractivity contribution in [3.05, 3.63) is 59.2 Å². The minimum Gasteiger partial charge on any atom is -0.451 e. The Bertz CT molecular complexity index is 628. The van der Waals surface area contributed by atoms with Gasteiger partial charge in [0.15, 0.2) is 23.1 Å². The van der Waals surface area contributed by atoms with E-state index in [1.54, 1.807) is 24.3 Å². The SMILES string of the molecule is CCNC(C)c1cccc(F)c1Oc1cc(C)ccc1F. The maximum absolute atomic E-state index is 14.1. The van der Waals surface area contributed by atoms with Crippen LogP contribution in [0.4, 0.5) is 8.78 Å². The maximum Gasteiger partial charge on any atom is 0.167 e. The second-order valence-electron chi connectivity index (χ2n) is 4.97. The van der Waals surface area contributed by atoms with E-state index in [2.05, 4.69) is 5.32 Å². The third kappa shape index (κ3) is 3.58. The molecule has 0 saturated heterocycles. The number of benzene rings is 2. The fourth-order valence-electron chi connectivity index (χ4n) is 2.19. The first-order valence-electron chi connectivity index (χ1n) is 6.98. The molecular formula is C17H19F2NO. The van der Waals surface area contributed by atoms with Crippen molar-refractivity contribution in [2.45, 2.75) is 26.8 Å². The van der Waals surface area contributed by atoms with Crippen LogP contribution >= 0.6 is 0 Å². The van der Waals surface area contributed by atoms with Crippen molar-refractivity contribution in [3.63, 3.8) is 0 Å². The summed E-state index contributed by atoms with van der Waals surface area (Å²) in [5.41, 5.74) is 1.52. The lowest BCUT2D eigenvalue weighted by Gasteiger charge is -2.18. The maximum atomic E-state index is 14.1. The first-order chi connectivity index (χ1) is 10.0. The Kier molecular flexibility index (Phi) is 4.91. The molecule has 0 fully saturated rings. The van der Waals surface area contributed by atoms with Crippen molar-refractivity contribution in [2.24, 2.45) is 0 Å². The van der Waals surface area contributed by atoms with Gasteiger partial charge in [0.1, 0.15) is 0 Å². The molecule has 0 amide bonds. The van der Waals surface area contributed by atoms with Gasteiger partial charge in [0.05, 0.1) is 0 Å². The van der Waals surface area contributed by atoms with Crippen LogP contribution in [0.5, 0.6) is 11.5 Å². The molecule has 2 aromatic rings. The highest BCUT2D eigenvalue weighted by atomic mass is 19.1. The molecule has 0 saturated carbocycles. The van der Waals surface area contributed by atoms with E-state index < -0.39 is 11.6 Å². The summed E-state index contributed by atoms with van der Waals surface area (Å²) in [7, 11) is 0. The highest BCUT2D eigenvalue weighted by Gasteiger charge is 2.17. The molecule has 21 heavy (non-hydrogen) atoms. The minimum absolute atomic E-state index is 0.0325. The van der Waals surface area contributed by atoms with Crippen LogP contribution in [0.15, 0.2) is 36.4 Å². The fraction of sp³-hybridized carbons (Fsp3) is 0.294. The van der Waals surface area contributed by atoms with Gasteiger partial charge in [0.25, 0.3) is 0 Å². The van der Waals surface area contributed by atoms with Crippen LogP contribution in [-0.4, -0.2) is 6.54 Å². The number of aryl methyl sites for hydroxylation is 1. The molecule has 2 rings (SSSR count). The first kappa shape index (κ1) is 15.4. The molecule has 0 bridgehead atoms. The monoisotopic (exact) mass is 291 g/mol. The number of rotatable bonds is 5. The molecule has 0 spiro atoms. The molecule has 0 aliphatic heterocycles. The lowest BCUT2D eigenvalue weighted by atomic mass is 10.1. The summed E-state index contributed by atoms with van der Waals surface area (Å²) in [4.78, 5) is 0. The van der Waals surface area contributed by atoms with E-state index in [0.717, 1.165) is 12.1 Å². The van der Waals surface area contributed by atoms with Crippen molar-refractivity contribution in [3.8, 4) is 11.5 Å². The number of nitrogens with one attached hydrogen (secondary N) is 1. The number of hydrogen-bond acceptors (Lipinski definition) is 2. The topological polar surface area (TPSA) is 21.3 Å². The predicted molar refractivity (Wildman–Crippen MR) is 79.7 cm³/mol. The summed E-state index contributed by atoms with van der Waals surface area (Å²) in [6.07, 6.45) is 0. The van der Waals surface area contributed by atoms with Gasteiger partial charge in [-0.2, -0.15) is 0 Å². The van der Waals surface area contributed by atoms with Crippen LogP contribution in [0.3, 0.4) is 0 Å². The van der Waals surface area contributed by atoms with Gasteiger partial charge in [-0.15, -0.1) is 0 Å². The molecule has 112 valence electrons. The quantitative estimate of drug-likeness (QED) is 0.859. The smallest absolute Gasteiger partial charge is 0.167 e. The van der Waals surface area contributed by atoms with Crippen LogP contribution in [0.1, 0.15) is 31.0 Å². The number of para-hydroxylation sites is 1. The molecule has 1 atom stereocenters. The predicted octanol–water partition coefficient (Wildman–Crippen LogP) is 4.74. The minimum atomic E-state index is -0.508. The second-order valence-corrected chi connectivity index (χ2v) is 4.97. The average Bonchev–Trinajstić information content (AvgIpc) is 2.45. The summed E-state index contributed by atoms with van der Waals surface area (Å²) in [6, 6.07) is 9.14. The summed E-state index contributed by atoms with van der Waals surface area (Å²) in [5.74, 6) is -0.912. The van der Waals surface area contributed by atoms with Crippen molar-refractivity contribution in [1.82, 2.24) is 5.32 Å². The number of halogens is 2. The molecular weight excluding hydrogens is 272 g/mol. The molecule has 2 nitrogen and oxygen atoms in total. The normalized spacial score (nSPS) is 12.2. The van der Waals surface area contributed by atoms with Gasteiger partial charge in [0.2, 0.25) is 0 Å². The average molecular weight is 291 g/mol. The summed E-state index contributed by atoms with van der Waals surface area (Å²) >= 11 is 0. The van der Waals surface area contributed by atoms with Gasteiger partial charge in [-0.3, -0.25) is 0 Å². The largest absolute Gasteiger partial charge is 0.451 e. The molecule has 0 aromatic heterocycles. The van der Waals surface area contributed by atoms with Crippen LogP contribution in [-0.2, 0) is 0 Å². The van der Waals surface area contributed by atoms with Gasteiger partial charge >= 0.3 is 0 Å². The number of hydrogen-bond donors (Lipinski definition) is 1. The van der Waals surface area contributed by atoms with E-state index in [1.807, 2.05) is 20.8 Å². The molecule has 1 unspecified atom stereocenters.